The highest BCUT2D eigenvalue weighted by molar-refractivity contribution is 6.30. The van der Waals surface area contributed by atoms with Crippen molar-refractivity contribution >= 4 is 29.4 Å². The fourth-order valence-electron chi connectivity index (χ4n) is 3.00. The lowest BCUT2D eigenvalue weighted by Crippen LogP contribution is -2.09. The molecule has 0 bridgehead atoms. The van der Waals surface area contributed by atoms with Crippen LogP contribution in [-0.4, -0.2) is 11.8 Å². The molecule has 0 aromatic heterocycles. The summed E-state index contributed by atoms with van der Waals surface area (Å²) in [6.07, 6.45) is 1.60. The highest BCUT2D eigenvalue weighted by Crippen LogP contribution is 2.39. The number of ether oxygens (including phenoxy) is 2. The zero-order valence-electron chi connectivity index (χ0n) is 15.2. The molecule has 0 fully saturated rings. The van der Waals surface area contributed by atoms with Crippen LogP contribution in [0.5, 0.6) is 11.5 Å². The molecule has 0 unspecified atom stereocenters. The second-order valence-corrected chi connectivity index (χ2v) is 6.90. The maximum Gasteiger partial charge on any atom is 0.343 e. The molecule has 6 heteroatoms. The van der Waals surface area contributed by atoms with Gasteiger partial charge in [-0.15, -0.1) is 0 Å². The number of benzene rings is 3. The van der Waals surface area contributed by atoms with Crippen LogP contribution in [0.15, 0.2) is 66.4 Å². The van der Waals surface area contributed by atoms with Gasteiger partial charge in [0, 0.05) is 10.6 Å². The molecule has 1 aliphatic heterocycles. The Hall–Kier alpha value is -3.44. The first-order valence-corrected chi connectivity index (χ1v) is 9.11. The summed E-state index contributed by atoms with van der Waals surface area (Å²) in [6, 6.07) is 15.3. The van der Waals surface area contributed by atoms with Gasteiger partial charge in [0.05, 0.1) is 11.1 Å². The van der Waals surface area contributed by atoms with E-state index in [1.165, 1.54) is 30.3 Å². The SMILES string of the molecule is Cc1c(OC(=O)c2cccc(F)c2)ccc2c1O/C(=C\c1cccc(Cl)c1)C2=O. The Labute approximate surface area is 171 Å². The lowest BCUT2D eigenvalue weighted by molar-refractivity contribution is 0.0732. The summed E-state index contributed by atoms with van der Waals surface area (Å²) in [6.45, 7) is 1.68. The predicted octanol–water partition coefficient (Wildman–Crippen LogP) is 5.62. The molecular weight excluding hydrogens is 395 g/mol. The molecule has 0 aliphatic carbocycles. The van der Waals surface area contributed by atoms with E-state index in [-0.39, 0.29) is 22.9 Å². The molecule has 1 heterocycles. The van der Waals surface area contributed by atoms with Crippen LogP contribution in [0.4, 0.5) is 4.39 Å². The first-order valence-electron chi connectivity index (χ1n) is 8.73. The maximum absolute atomic E-state index is 13.3. The molecule has 0 spiro atoms. The number of ketones is 1. The van der Waals surface area contributed by atoms with Crippen molar-refractivity contribution in [3.63, 3.8) is 0 Å². The summed E-state index contributed by atoms with van der Waals surface area (Å²) in [5.41, 5.74) is 1.68. The number of hydrogen-bond acceptors (Lipinski definition) is 4. The number of allylic oxidation sites excluding steroid dienone is 1. The maximum atomic E-state index is 13.3. The normalized spacial score (nSPS) is 13.9. The molecule has 1 aliphatic rings. The molecule has 0 saturated carbocycles. The molecule has 3 aromatic carbocycles. The Morgan fingerprint density at radius 2 is 1.90 bits per heavy atom. The number of fused-ring (bicyclic) bond motifs is 1. The second-order valence-electron chi connectivity index (χ2n) is 6.46. The summed E-state index contributed by atoms with van der Waals surface area (Å²) in [7, 11) is 0. The van der Waals surface area contributed by atoms with Crippen LogP contribution in [0.3, 0.4) is 0 Å². The third-order valence-corrected chi connectivity index (χ3v) is 4.68. The van der Waals surface area contributed by atoms with Crippen LogP contribution in [0, 0.1) is 12.7 Å². The first-order chi connectivity index (χ1) is 13.9. The number of esters is 1. The number of Topliss-reactive ketones (excluding diaryl/α,β-unsaturated/α-hetero) is 1. The van der Waals surface area contributed by atoms with Gasteiger partial charge in [0.25, 0.3) is 0 Å². The number of carbonyl (C=O) groups excluding carboxylic acids is 2. The average molecular weight is 409 g/mol. The van der Waals surface area contributed by atoms with Gasteiger partial charge in [-0.05, 0) is 61.0 Å². The van der Waals surface area contributed by atoms with Crippen molar-refractivity contribution in [2.45, 2.75) is 6.92 Å². The predicted molar refractivity (Wildman–Crippen MR) is 107 cm³/mol. The molecule has 0 saturated heterocycles. The first kappa shape index (κ1) is 18.9. The van der Waals surface area contributed by atoms with E-state index in [2.05, 4.69) is 0 Å². The van der Waals surface area contributed by atoms with Gasteiger partial charge in [-0.3, -0.25) is 4.79 Å². The second kappa shape index (κ2) is 7.53. The van der Waals surface area contributed by atoms with Crippen molar-refractivity contribution in [2.75, 3.05) is 0 Å². The minimum atomic E-state index is -0.702. The lowest BCUT2D eigenvalue weighted by Gasteiger charge is -2.10. The van der Waals surface area contributed by atoms with E-state index >= 15 is 0 Å². The lowest BCUT2D eigenvalue weighted by atomic mass is 10.1. The van der Waals surface area contributed by atoms with Crippen LogP contribution in [0.2, 0.25) is 5.02 Å². The van der Waals surface area contributed by atoms with Crippen molar-refractivity contribution in [3.05, 3.63) is 99.5 Å². The van der Waals surface area contributed by atoms with E-state index in [1.54, 1.807) is 37.3 Å². The van der Waals surface area contributed by atoms with E-state index in [1.807, 2.05) is 0 Å². The van der Waals surface area contributed by atoms with Gasteiger partial charge in [-0.25, -0.2) is 9.18 Å². The zero-order valence-corrected chi connectivity index (χ0v) is 16.0. The number of halogens is 2. The molecule has 4 rings (SSSR count). The van der Waals surface area contributed by atoms with Gasteiger partial charge in [-0.2, -0.15) is 0 Å². The summed E-state index contributed by atoms with van der Waals surface area (Å²) in [5.74, 6) is -0.797. The van der Waals surface area contributed by atoms with Gasteiger partial charge >= 0.3 is 5.97 Å². The van der Waals surface area contributed by atoms with Crippen molar-refractivity contribution in [1.29, 1.82) is 0 Å². The highest BCUT2D eigenvalue weighted by atomic mass is 35.5. The molecule has 0 radical (unpaired) electrons. The van der Waals surface area contributed by atoms with Gasteiger partial charge in [-0.1, -0.05) is 29.8 Å². The standard InChI is InChI=1S/C23H14ClFO4/c1-13-19(29-23(27)15-5-3-7-17(25)12-15)9-8-18-21(26)20(28-22(13)18)11-14-4-2-6-16(24)10-14/h2-12H,1H3/b20-11-. The van der Waals surface area contributed by atoms with Crippen LogP contribution in [-0.2, 0) is 0 Å². The van der Waals surface area contributed by atoms with Crippen molar-refractivity contribution < 1.29 is 23.5 Å². The summed E-state index contributed by atoms with van der Waals surface area (Å²) < 4.78 is 24.5. The molecule has 0 N–H and O–H groups in total. The van der Waals surface area contributed by atoms with E-state index in [0.717, 1.165) is 11.6 Å². The van der Waals surface area contributed by atoms with Gasteiger partial charge < -0.3 is 9.47 Å². The third kappa shape index (κ3) is 3.77. The van der Waals surface area contributed by atoms with Crippen molar-refractivity contribution in [1.82, 2.24) is 0 Å². The van der Waals surface area contributed by atoms with E-state index in [0.29, 0.717) is 21.9 Å². The number of carbonyl (C=O) groups is 2. The number of rotatable bonds is 3. The Balaban J connectivity index is 1.62. The number of hydrogen-bond donors (Lipinski definition) is 0. The van der Waals surface area contributed by atoms with Crippen LogP contribution in [0.25, 0.3) is 6.08 Å². The van der Waals surface area contributed by atoms with Gasteiger partial charge in [0.2, 0.25) is 5.78 Å². The highest BCUT2D eigenvalue weighted by Gasteiger charge is 2.30. The Morgan fingerprint density at radius 1 is 1.10 bits per heavy atom. The largest absolute Gasteiger partial charge is 0.452 e. The summed E-state index contributed by atoms with van der Waals surface area (Å²) in [5, 5.41) is 0.546. The monoisotopic (exact) mass is 408 g/mol. The molecule has 4 nitrogen and oxygen atoms in total. The molecule has 3 aromatic rings. The topological polar surface area (TPSA) is 52.6 Å². The smallest absolute Gasteiger partial charge is 0.343 e. The Bertz CT molecular complexity index is 1180. The molecule has 144 valence electrons. The third-order valence-electron chi connectivity index (χ3n) is 4.45. The van der Waals surface area contributed by atoms with Gasteiger partial charge in [0.1, 0.15) is 17.3 Å². The Morgan fingerprint density at radius 3 is 2.66 bits per heavy atom. The van der Waals surface area contributed by atoms with Crippen molar-refractivity contribution in [3.8, 4) is 11.5 Å². The van der Waals surface area contributed by atoms with Crippen LogP contribution in [0.1, 0.15) is 31.8 Å². The van der Waals surface area contributed by atoms with E-state index in [4.69, 9.17) is 21.1 Å². The minimum absolute atomic E-state index is 0.0865. The Kier molecular flexibility index (Phi) is 4.91. The minimum Gasteiger partial charge on any atom is -0.452 e. The zero-order chi connectivity index (χ0) is 20.5. The molecular formula is C23H14ClFO4. The quantitative estimate of drug-likeness (QED) is 0.320. The van der Waals surface area contributed by atoms with E-state index in [9.17, 15) is 14.0 Å². The molecule has 0 amide bonds. The summed E-state index contributed by atoms with van der Waals surface area (Å²) in [4.78, 5) is 25.0. The van der Waals surface area contributed by atoms with Crippen LogP contribution < -0.4 is 9.47 Å². The van der Waals surface area contributed by atoms with Gasteiger partial charge in [0.15, 0.2) is 5.76 Å². The van der Waals surface area contributed by atoms with E-state index < -0.39 is 11.8 Å². The molecule has 0 atom stereocenters. The van der Waals surface area contributed by atoms with Crippen LogP contribution >= 0.6 is 11.6 Å². The van der Waals surface area contributed by atoms with Crippen molar-refractivity contribution in [2.24, 2.45) is 0 Å². The molecule has 29 heavy (non-hydrogen) atoms. The fourth-order valence-corrected chi connectivity index (χ4v) is 3.20. The average Bonchev–Trinajstić information content (AvgIpc) is 3.00. The summed E-state index contributed by atoms with van der Waals surface area (Å²) >= 11 is 5.98. The fraction of sp³-hybridized carbons (Fsp3) is 0.0435.